The molecular weight excluding hydrogens is 707 g/mol. The smallest absolute Gasteiger partial charge is 0.465 e. The van der Waals surface area contributed by atoms with Gasteiger partial charge in [0.15, 0.2) is 0 Å². The summed E-state index contributed by atoms with van der Waals surface area (Å²) in [6, 6.07) is 10.8. The van der Waals surface area contributed by atoms with Crippen LogP contribution in [0.25, 0.3) is 22.3 Å². The molecule has 1 saturated carbocycles. The first-order chi connectivity index (χ1) is 24.4. The highest BCUT2D eigenvalue weighted by molar-refractivity contribution is 7.76. The SMILES string of the molecule is CNC(=O)c1c(-c2ccc(F)cc2)oc2cc(CN(Cc3ccc(C(F)(F)F)c(B4OC(C)(C)C(C)(C)O4)c3C(=O)OC)S(=O)O)c(C3CC3)cc12. The summed E-state index contributed by atoms with van der Waals surface area (Å²) in [6.45, 7) is 5.99. The molecule has 1 atom stereocenters. The van der Waals surface area contributed by atoms with Crippen LogP contribution in [0.5, 0.6) is 0 Å². The maximum Gasteiger partial charge on any atom is 0.496 e. The lowest BCUT2D eigenvalue weighted by molar-refractivity contribution is -0.136. The number of halogens is 4. The minimum Gasteiger partial charge on any atom is -0.465 e. The van der Waals surface area contributed by atoms with Gasteiger partial charge < -0.3 is 23.8 Å². The minimum atomic E-state index is -4.92. The maximum atomic E-state index is 14.5. The summed E-state index contributed by atoms with van der Waals surface area (Å²) in [5, 5.41) is 3.11. The Bertz CT molecular complexity index is 2060. The van der Waals surface area contributed by atoms with Gasteiger partial charge in [-0.25, -0.2) is 13.4 Å². The third-order valence-electron chi connectivity index (χ3n) is 9.96. The molecule has 1 unspecified atom stereocenters. The molecule has 1 aromatic heterocycles. The number of alkyl halides is 3. The topological polar surface area (TPSA) is 128 Å². The molecule has 2 aliphatic rings. The van der Waals surface area contributed by atoms with Crippen LogP contribution < -0.4 is 10.8 Å². The fourth-order valence-electron chi connectivity index (χ4n) is 6.41. The lowest BCUT2D eigenvalue weighted by Crippen LogP contribution is -2.44. The first-order valence-electron chi connectivity index (χ1n) is 16.5. The van der Waals surface area contributed by atoms with Gasteiger partial charge >= 0.3 is 19.3 Å². The summed E-state index contributed by atoms with van der Waals surface area (Å²) in [5.74, 6) is -1.73. The zero-order chi connectivity index (χ0) is 37.9. The summed E-state index contributed by atoms with van der Waals surface area (Å²) in [7, 11) is 0.884. The Morgan fingerprint density at radius 3 is 2.15 bits per heavy atom. The number of methoxy groups -OCH3 is 1. The Morgan fingerprint density at radius 2 is 1.62 bits per heavy atom. The number of nitrogens with zero attached hydrogens (tertiary/aromatic N) is 1. The van der Waals surface area contributed by atoms with Gasteiger partial charge in [-0.2, -0.15) is 17.5 Å². The molecule has 3 aromatic carbocycles. The number of rotatable bonds is 10. The lowest BCUT2D eigenvalue weighted by Gasteiger charge is -2.32. The second-order valence-corrected chi connectivity index (χ2v) is 14.9. The average molecular weight is 745 g/mol. The molecule has 276 valence electrons. The van der Waals surface area contributed by atoms with Crippen molar-refractivity contribution in [1.82, 2.24) is 9.62 Å². The monoisotopic (exact) mass is 744 g/mol. The molecule has 10 nitrogen and oxygen atoms in total. The Kier molecular flexibility index (Phi) is 9.94. The minimum absolute atomic E-state index is 0.0282. The Hall–Kier alpha value is -4.09. The number of hydrogen-bond donors (Lipinski definition) is 2. The maximum absolute atomic E-state index is 14.5. The van der Waals surface area contributed by atoms with Crippen LogP contribution in [0.2, 0.25) is 0 Å². The van der Waals surface area contributed by atoms with Gasteiger partial charge in [0.2, 0.25) is 11.3 Å². The number of nitrogens with one attached hydrogen (secondary N) is 1. The van der Waals surface area contributed by atoms with Gasteiger partial charge in [0.25, 0.3) is 5.91 Å². The standard InChI is InChI=1S/C36H37BF4N2O8S/c1-34(2)35(3,4)51-37(50-34)30-26(36(39,40)41)14-11-21(28(30)33(45)48-6)17-43(52(46)47)18-22-15-27-25(16-24(22)19-7-8-19)29(32(44)42-5)31(49-27)20-9-12-23(38)13-10-20/h9-16,19H,7-8,17-18H2,1-6H3,(H,42,44)(H,46,47). The van der Waals surface area contributed by atoms with Gasteiger partial charge in [0.1, 0.15) is 17.2 Å². The van der Waals surface area contributed by atoms with E-state index in [0.29, 0.717) is 16.5 Å². The largest absolute Gasteiger partial charge is 0.496 e. The number of carbonyl (C=O) groups excluding carboxylic acids is 2. The third kappa shape index (κ3) is 7.01. The molecule has 0 bridgehead atoms. The fourth-order valence-corrected chi connectivity index (χ4v) is 6.91. The van der Waals surface area contributed by atoms with E-state index in [0.717, 1.165) is 42.0 Å². The van der Waals surface area contributed by atoms with Crippen molar-refractivity contribution < 1.29 is 54.4 Å². The van der Waals surface area contributed by atoms with Gasteiger partial charge in [-0.1, -0.05) is 6.07 Å². The predicted octanol–water partition coefficient (Wildman–Crippen LogP) is 6.72. The van der Waals surface area contributed by atoms with E-state index in [1.165, 1.54) is 31.3 Å². The van der Waals surface area contributed by atoms with Crippen LogP contribution >= 0.6 is 0 Å². The number of esters is 1. The van der Waals surface area contributed by atoms with E-state index in [1.54, 1.807) is 39.8 Å². The Balaban J connectivity index is 1.46. The van der Waals surface area contributed by atoms with Crippen LogP contribution in [-0.2, 0) is 44.6 Å². The number of carbonyl (C=O) groups is 2. The number of ether oxygens (including phenoxy) is 1. The molecular formula is C36H37BF4N2O8S. The summed E-state index contributed by atoms with van der Waals surface area (Å²) < 4.78 is 105. The molecule has 16 heteroatoms. The molecule has 1 aliphatic carbocycles. The second-order valence-electron chi connectivity index (χ2n) is 13.9. The van der Waals surface area contributed by atoms with Gasteiger partial charge in [-0.15, -0.1) is 0 Å². The van der Waals surface area contributed by atoms with Crippen LogP contribution in [-0.4, -0.2) is 57.4 Å². The fraction of sp³-hybridized carbons (Fsp3) is 0.389. The van der Waals surface area contributed by atoms with Crippen LogP contribution in [0.15, 0.2) is 52.9 Å². The summed E-state index contributed by atoms with van der Waals surface area (Å²) in [5.41, 5.74) is -2.05. The number of furan rings is 1. The molecule has 2 heterocycles. The number of benzene rings is 3. The van der Waals surface area contributed by atoms with Crippen molar-refractivity contribution in [2.75, 3.05) is 14.2 Å². The van der Waals surface area contributed by atoms with Crippen molar-refractivity contribution in [3.8, 4) is 11.3 Å². The molecule has 0 radical (unpaired) electrons. The van der Waals surface area contributed by atoms with Gasteiger partial charge in [0, 0.05) is 36.5 Å². The van der Waals surface area contributed by atoms with E-state index >= 15 is 0 Å². The van der Waals surface area contributed by atoms with Crippen LogP contribution in [0.4, 0.5) is 17.6 Å². The van der Waals surface area contributed by atoms with Gasteiger partial charge in [-0.3, -0.25) is 9.35 Å². The number of hydrogen-bond acceptors (Lipinski definition) is 7. The highest BCUT2D eigenvalue weighted by Crippen LogP contribution is 2.45. The highest BCUT2D eigenvalue weighted by Gasteiger charge is 2.55. The lowest BCUT2D eigenvalue weighted by atomic mass is 9.71. The van der Waals surface area contributed by atoms with E-state index in [9.17, 15) is 35.9 Å². The van der Waals surface area contributed by atoms with Gasteiger partial charge in [-0.05, 0) is 106 Å². The zero-order valence-corrected chi connectivity index (χ0v) is 30.1. The van der Waals surface area contributed by atoms with E-state index in [4.69, 9.17) is 18.5 Å². The van der Waals surface area contributed by atoms with Gasteiger partial charge in [0.05, 0.1) is 35.0 Å². The normalized spacial score (nSPS) is 17.5. The predicted molar refractivity (Wildman–Crippen MR) is 185 cm³/mol. The molecule has 1 amide bonds. The van der Waals surface area contributed by atoms with E-state index in [2.05, 4.69) is 5.32 Å². The van der Waals surface area contributed by atoms with Crippen LogP contribution in [0.1, 0.15) is 89.4 Å². The number of amides is 1. The third-order valence-corrected chi connectivity index (χ3v) is 10.7. The first kappa shape index (κ1) is 37.7. The molecule has 1 aliphatic heterocycles. The van der Waals surface area contributed by atoms with E-state index in [1.807, 2.05) is 0 Å². The van der Waals surface area contributed by atoms with Crippen molar-refractivity contribution in [3.63, 3.8) is 0 Å². The highest BCUT2D eigenvalue weighted by atomic mass is 32.2. The molecule has 6 rings (SSSR count). The summed E-state index contributed by atoms with van der Waals surface area (Å²) in [6.07, 6.45) is -3.28. The quantitative estimate of drug-likeness (QED) is 0.0794. The number of fused-ring (bicyclic) bond motifs is 1. The molecule has 0 spiro atoms. The molecule has 2 N–H and O–H groups in total. The van der Waals surface area contributed by atoms with Crippen molar-refractivity contribution >= 4 is 46.7 Å². The Labute approximate surface area is 300 Å². The summed E-state index contributed by atoms with van der Waals surface area (Å²) >= 11 is -2.69. The first-order valence-corrected chi connectivity index (χ1v) is 17.5. The second kappa shape index (κ2) is 13.7. The molecule has 2 fully saturated rings. The van der Waals surface area contributed by atoms with Crippen molar-refractivity contribution in [1.29, 1.82) is 0 Å². The van der Waals surface area contributed by atoms with E-state index in [-0.39, 0.29) is 34.9 Å². The zero-order valence-electron chi connectivity index (χ0n) is 29.3. The van der Waals surface area contributed by atoms with Crippen molar-refractivity contribution in [2.24, 2.45) is 0 Å². The van der Waals surface area contributed by atoms with Crippen molar-refractivity contribution in [3.05, 3.63) is 87.7 Å². The van der Waals surface area contributed by atoms with Crippen LogP contribution in [0.3, 0.4) is 0 Å². The van der Waals surface area contributed by atoms with E-state index < -0.39 is 76.6 Å². The summed E-state index contributed by atoms with van der Waals surface area (Å²) in [4.78, 5) is 26.5. The molecule has 1 saturated heterocycles. The molecule has 4 aromatic rings. The van der Waals surface area contributed by atoms with Crippen molar-refractivity contribution in [2.45, 2.75) is 76.9 Å². The van der Waals surface area contributed by atoms with Crippen LogP contribution in [0, 0.1) is 5.82 Å². The molecule has 52 heavy (non-hydrogen) atoms. The average Bonchev–Trinajstić information content (AvgIpc) is 3.81. The Morgan fingerprint density at radius 1 is 1.00 bits per heavy atom.